The first-order valence-corrected chi connectivity index (χ1v) is 8.59. The van der Waals surface area contributed by atoms with Crippen LogP contribution in [-0.4, -0.2) is 21.2 Å². The Morgan fingerprint density at radius 3 is 2.55 bits per heavy atom. The first kappa shape index (κ1) is 18.2. The summed E-state index contributed by atoms with van der Waals surface area (Å²) in [5.74, 6) is 0.665. The summed E-state index contributed by atoms with van der Waals surface area (Å²) in [7, 11) is 1.55. The minimum atomic E-state index is -0.581. The summed E-state index contributed by atoms with van der Waals surface area (Å²) in [6.45, 7) is 0.0679. The lowest BCUT2D eigenvalue weighted by atomic mass is 10.2. The van der Waals surface area contributed by atoms with Crippen LogP contribution in [0, 0.1) is 10.1 Å². The van der Waals surface area contributed by atoms with Crippen LogP contribution in [0.2, 0.25) is 0 Å². The zero-order valence-corrected chi connectivity index (χ0v) is 15.3. The molecule has 0 saturated carbocycles. The number of ether oxygens (including phenoxy) is 1. The summed E-state index contributed by atoms with van der Waals surface area (Å²) in [5, 5.41) is 11.5. The first-order chi connectivity index (χ1) is 14.0. The van der Waals surface area contributed by atoms with Gasteiger partial charge in [-0.25, -0.2) is 4.79 Å². The van der Waals surface area contributed by atoms with Crippen LogP contribution >= 0.6 is 0 Å². The molecule has 2 aromatic carbocycles. The molecule has 4 rings (SSSR count). The lowest BCUT2D eigenvalue weighted by Crippen LogP contribution is -2.38. The van der Waals surface area contributed by atoms with E-state index in [1.807, 2.05) is 0 Å². The number of hydrogen-bond donors (Lipinski definition) is 0. The predicted octanol–water partition coefficient (Wildman–Crippen LogP) is 2.71. The van der Waals surface area contributed by atoms with Crippen LogP contribution in [0.4, 0.5) is 5.69 Å². The Balaban J connectivity index is 1.82. The fraction of sp³-hybridized carbons (Fsp3) is 0.100. The van der Waals surface area contributed by atoms with Gasteiger partial charge in [0.1, 0.15) is 17.6 Å². The number of hydrogen-bond acceptors (Lipinski definition) is 6. The van der Waals surface area contributed by atoms with Crippen molar-refractivity contribution in [3.63, 3.8) is 0 Å². The van der Waals surface area contributed by atoms with Gasteiger partial charge in [-0.05, 0) is 23.8 Å². The van der Waals surface area contributed by atoms with E-state index in [0.29, 0.717) is 22.4 Å². The Morgan fingerprint density at radius 2 is 1.86 bits per heavy atom. The maximum Gasteiger partial charge on any atom is 0.336 e. The molecule has 0 aliphatic heterocycles. The third-order valence-corrected chi connectivity index (χ3v) is 4.58. The Morgan fingerprint density at radius 1 is 1.10 bits per heavy atom. The highest BCUT2D eigenvalue weighted by molar-refractivity contribution is 5.88. The van der Waals surface area contributed by atoms with Crippen LogP contribution in [0.1, 0.15) is 5.56 Å². The summed E-state index contributed by atoms with van der Waals surface area (Å²) in [6, 6.07) is 12.4. The van der Waals surface area contributed by atoms with Crippen LogP contribution in [0.3, 0.4) is 0 Å². The van der Waals surface area contributed by atoms with Gasteiger partial charge in [-0.3, -0.25) is 24.0 Å². The molecule has 0 aliphatic rings. The van der Waals surface area contributed by atoms with Crippen LogP contribution in [0.15, 0.2) is 75.0 Å². The summed E-state index contributed by atoms with van der Waals surface area (Å²) < 4.78 is 12.9. The quantitative estimate of drug-likeness (QED) is 0.381. The van der Waals surface area contributed by atoms with E-state index >= 15 is 0 Å². The third-order valence-electron chi connectivity index (χ3n) is 4.58. The van der Waals surface area contributed by atoms with Crippen molar-refractivity contribution in [2.45, 2.75) is 6.54 Å². The predicted molar refractivity (Wildman–Crippen MR) is 105 cm³/mol. The molecule has 0 aliphatic carbocycles. The topological polar surface area (TPSA) is 110 Å². The zero-order valence-electron chi connectivity index (χ0n) is 15.3. The highest BCUT2D eigenvalue weighted by atomic mass is 16.6. The van der Waals surface area contributed by atoms with E-state index in [4.69, 9.17) is 9.15 Å². The highest BCUT2D eigenvalue weighted by Crippen LogP contribution is 2.27. The van der Waals surface area contributed by atoms with E-state index < -0.39 is 16.2 Å². The highest BCUT2D eigenvalue weighted by Gasteiger charge is 2.16. The number of furan rings is 1. The Kier molecular flexibility index (Phi) is 4.47. The monoisotopic (exact) mass is 393 g/mol. The number of rotatable bonds is 5. The van der Waals surface area contributed by atoms with E-state index in [9.17, 15) is 19.7 Å². The fourth-order valence-corrected chi connectivity index (χ4v) is 3.06. The maximum atomic E-state index is 13.0. The van der Waals surface area contributed by atoms with Gasteiger partial charge in [-0.15, -0.1) is 0 Å². The minimum absolute atomic E-state index is 0.0679. The van der Waals surface area contributed by atoms with Gasteiger partial charge < -0.3 is 9.15 Å². The average Bonchev–Trinajstić information content (AvgIpc) is 3.14. The van der Waals surface area contributed by atoms with Crippen molar-refractivity contribution < 1.29 is 14.1 Å². The van der Waals surface area contributed by atoms with E-state index in [2.05, 4.69) is 0 Å². The number of fused-ring (bicyclic) bond motifs is 1. The molecule has 0 spiro atoms. The molecule has 29 heavy (non-hydrogen) atoms. The van der Waals surface area contributed by atoms with Crippen LogP contribution < -0.4 is 16.0 Å². The van der Waals surface area contributed by atoms with Crippen LogP contribution in [0.5, 0.6) is 5.75 Å². The second-order valence-electron chi connectivity index (χ2n) is 6.30. The molecule has 0 radical (unpaired) electrons. The molecule has 0 atom stereocenters. The van der Waals surface area contributed by atoms with Gasteiger partial charge in [-0.1, -0.05) is 12.1 Å². The molecule has 9 heteroatoms. The van der Waals surface area contributed by atoms with Crippen molar-refractivity contribution in [2.75, 3.05) is 7.11 Å². The van der Waals surface area contributed by atoms with E-state index in [0.717, 1.165) is 10.1 Å². The smallest absolute Gasteiger partial charge is 0.336 e. The Hall–Kier alpha value is -4.14. The van der Waals surface area contributed by atoms with Crippen molar-refractivity contribution in [3.05, 3.63) is 97.5 Å². The summed E-state index contributed by atoms with van der Waals surface area (Å²) in [6.07, 6.45) is 2.66. The minimum Gasteiger partial charge on any atom is -0.497 e. The molecule has 2 heterocycles. The second-order valence-corrected chi connectivity index (χ2v) is 6.30. The number of non-ortho nitro benzene ring substituents is 1. The zero-order chi connectivity index (χ0) is 20.5. The van der Waals surface area contributed by atoms with E-state index in [1.54, 1.807) is 31.4 Å². The van der Waals surface area contributed by atoms with Crippen molar-refractivity contribution in [3.8, 4) is 11.4 Å². The Bertz CT molecular complexity index is 1330. The van der Waals surface area contributed by atoms with Crippen molar-refractivity contribution in [1.82, 2.24) is 9.13 Å². The van der Waals surface area contributed by atoms with Gasteiger partial charge in [0.2, 0.25) is 0 Å². The van der Waals surface area contributed by atoms with Crippen molar-refractivity contribution in [2.24, 2.45) is 0 Å². The maximum absolute atomic E-state index is 13.0. The number of methoxy groups -OCH3 is 1. The fourth-order valence-electron chi connectivity index (χ4n) is 3.06. The Labute approximate surface area is 163 Å². The largest absolute Gasteiger partial charge is 0.497 e. The number of benzene rings is 2. The molecule has 0 unspecified atom stereocenters. The number of nitrogens with zero attached hydrogens (tertiary/aromatic N) is 3. The lowest BCUT2D eigenvalue weighted by molar-refractivity contribution is -0.384. The van der Waals surface area contributed by atoms with Crippen LogP contribution in [0.25, 0.3) is 16.7 Å². The standard InChI is InChI=1S/C20H15N3O6/c1-28-15-5-2-13(3-6-15)11-22-19(24)8-9-21(20(22)25)17-12-29-18-7-4-14(23(26)27)10-16(17)18/h2-10,12H,11H2,1H3. The van der Waals surface area contributed by atoms with E-state index in [1.165, 1.54) is 41.3 Å². The molecule has 0 saturated heterocycles. The molecular formula is C20H15N3O6. The molecule has 0 N–H and O–H groups in total. The van der Waals surface area contributed by atoms with Crippen molar-refractivity contribution >= 4 is 16.7 Å². The van der Waals surface area contributed by atoms with E-state index in [-0.39, 0.29) is 12.2 Å². The molecule has 0 bridgehead atoms. The second kappa shape index (κ2) is 7.12. The van der Waals surface area contributed by atoms with Gasteiger partial charge in [-0.2, -0.15) is 0 Å². The molecule has 146 valence electrons. The molecular weight excluding hydrogens is 378 g/mol. The lowest BCUT2D eigenvalue weighted by Gasteiger charge is -2.09. The van der Waals surface area contributed by atoms with Crippen molar-refractivity contribution in [1.29, 1.82) is 0 Å². The molecule has 9 nitrogen and oxygen atoms in total. The summed E-state index contributed by atoms with van der Waals surface area (Å²) >= 11 is 0. The third kappa shape index (κ3) is 3.29. The van der Waals surface area contributed by atoms with Gasteiger partial charge in [0.05, 0.1) is 29.7 Å². The molecule has 0 amide bonds. The normalized spacial score (nSPS) is 10.9. The van der Waals surface area contributed by atoms with Gasteiger partial charge in [0, 0.05) is 24.4 Å². The number of nitro groups is 1. The number of aromatic nitrogens is 2. The average molecular weight is 393 g/mol. The molecule has 4 aromatic rings. The summed E-state index contributed by atoms with van der Waals surface area (Å²) in [4.78, 5) is 35.9. The summed E-state index contributed by atoms with van der Waals surface area (Å²) in [5.41, 5.74) is 0.293. The van der Waals surface area contributed by atoms with Gasteiger partial charge in [0.25, 0.3) is 11.2 Å². The SMILES string of the molecule is COc1ccc(Cn2c(=O)ccn(-c3coc4ccc([N+](=O)[O-])cc34)c2=O)cc1. The first-order valence-electron chi connectivity index (χ1n) is 8.59. The van der Waals surface area contributed by atoms with Crippen LogP contribution in [-0.2, 0) is 6.54 Å². The van der Waals surface area contributed by atoms with Gasteiger partial charge in [0.15, 0.2) is 0 Å². The molecule has 2 aromatic heterocycles. The molecule has 0 fully saturated rings. The number of nitro benzene ring substituents is 1. The van der Waals surface area contributed by atoms with Gasteiger partial charge >= 0.3 is 5.69 Å².